The molecule has 0 amide bonds. The van der Waals surface area contributed by atoms with Gasteiger partial charge in [0.2, 0.25) is 0 Å². The summed E-state index contributed by atoms with van der Waals surface area (Å²) >= 11 is 8.44. The second-order valence-corrected chi connectivity index (χ2v) is 5.54. The van der Waals surface area contributed by atoms with Crippen LogP contribution in [0.4, 0.5) is 0 Å². The highest BCUT2D eigenvalue weighted by Crippen LogP contribution is 2.33. The van der Waals surface area contributed by atoms with Gasteiger partial charge in [-0.25, -0.2) is 0 Å². The highest BCUT2D eigenvalue weighted by atomic mass is 79.9. The van der Waals surface area contributed by atoms with Crippen molar-refractivity contribution in [2.24, 2.45) is 0 Å². The number of hydrogen-bond acceptors (Lipinski definition) is 2. The van der Waals surface area contributed by atoms with E-state index >= 15 is 0 Å². The number of alkyl halides is 1. The van der Waals surface area contributed by atoms with Crippen molar-refractivity contribution in [2.75, 3.05) is 6.26 Å². The fourth-order valence-corrected chi connectivity index (χ4v) is 2.65. The molecule has 0 saturated carbocycles. The van der Waals surface area contributed by atoms with Crippen molar-refractivity contribution in [3.8, 4) is 0 Å². The number of rotatable bonds is 3. The smallest absolute Gasteiger partial charge is 0.147 e. The van der Waals surface area contributed by atoms with Crippen LogP contribution in [-0.2, 0) is 4.79 Å². The molecule has 0 fully saturated rings. The lowest BCUT2D eigenvalue weighted by molar-refractivity contribution is -0.116. The van der Waals surface area contributed by atoms with Gasteiger partial charge in [0.25, 0.3) is 0 Å². The Morgan fingerprint density at radius 1 is 1.50 bits per heavy atom. The molecule has 14 heavy (non-hydrogen) atoms. The first kappa shape index (κ1) is 12.3. The van der Waals surface area contributed by atoms with E-state index in [0.717, 1.165) is 14.9 Å². The molecule has 76 valence electrons. The van der Waals surface area contributed by atoms with Gasteiger partial charge in [0.05, 0.1) is 4.83 Å². The van der Waals surface area contributed by atoms with Crippen molar-refractivity contribution in [1.29, 1.82) is 0 Å². The van der Waals surface area contributed by atoms with E-state index in [9.17, 15) is 4.79 Å². The summed E-state index contributed by atoms with van der Waals surface area (Å²) in [7, 11) is 0. The van der Waals surface area contributed by atoms with Crippen molar-refractivity contribution in [3.63, 3.8) is 0 Å². The summed E-state index contributed by atoms with van der Waals surface area (Å²) in [6.07, 6.45) is 2.01. The van der Waals surface area contributed by atoms with Gasteiger partial charge in [0.1, 0.15) is 5.78 Å². The lowest BCUT2D eigenvalue weighted by atomic mass is 10.1. The van der Waals surface area contributed by atoms with Gasteiger partial charge in [-0.3, -0.25) is 4.79 Å². The highest BCUT2D eigenvalue weighted by Gasteiger charge is 2.16. The molecular weight excluding hydrogens is 328 g/mol. The number of hydrogen-bond donors (Lipinski definition) is 0. The Morgan fingerprint density at radius 3 is 2.64 bits per heavy atom. The Hall–Kier alpha value is 0.200. The van der Waals surface area contributed by atoms with Crippen LogP contribution < -0.4 is 0 Å². The Kier molecular flexibility index (Phi) is 4.67. The minimum Gasteiger partial charge on any atom is -0.298 e. The molecule has 1 aromatic rings. The zero-order valence-corrected chi connectivity index (χ0v) is 11.9. The third-order valence-corrected chi connectivity index (χ3v) is 4.26. The lowest BCUT2D eigenvalue weighted by Gasteiger charge is -2.11. The molecule has 0 aromatic heterocycles. The molecule has 1 atom stereocenters. The normalized spacial score (nSPS) is 12.6. The number of carbonyl (C=O) groups is 1. The predicted octanol–water partition coefficient (Wildman–Crippen LogP) is 4.20. The van der Waals surface area contributed by atoms with E-state index in [1.807, 2.05) is 24.5 Å². The largest absolute Gasteiger partial charge is 0.298 e. The van der Waals surface area contributed by atoms with E-state index in [0.29, 0.717) is 0 Å². The van der Waals surface area contributed by atoms with E-state index < -0.39 is 0 Å². The number of benzene rings is 1. The summed E-state index contributed by atoms with van der Waals surface area (Å²) in [4.78, 5) is 12.2. The van der Waals surface area contributed by atoms with Crippen LogP contribution in [0.2, 0.25) is 0 Å². The molecule has 0 aliphatic carbocycles. The van der Waals surface area contributed by atoms with Crippen LogP contribution in [-0.4, -0.2) is 12.0 Å². The summed E-state index contributed by atoms with van der Waals surface area (Å²) in [6.45, 7) is 1.59. The molecule has 0 bridgehead atoms. The maximum absolute atomic E-state index is 11.3. The minimum atomic E-state index is -0.206. The molecule has 0 heterocycles. The number of thioether (sulfide) groups is 1. The summed E-state index contributed by atoms with van der Waals surface area (Å²) in [5, 5.41) is 0. The van der Waals surface area contributed by atoms with Gasteiger partial charge in [0.15, 0.2) is 0 Å². The maximum Gasteiger partial charge on any atom is 0.147 e. The van der Waals surface area contributed by atoms with E-state index in [-0.39, 0.29) is 10.6 Å². The van der Waals surface area contributed by atoms with E-state index in [4.69, 9.17) is 0 Å². The monoisotopic (exact) mass is 336 g/mol. The first-order valence-corrected chi connectivity index (χ1v) is 6.97. The average molecular weight is 338 g/mol. The molecule has 0 aliphatic heterocycles. The zero-order chi connectivity index (χ0) is 10.7. The third-order valence-electron chi connectivity index (χ3n) is 1.82. The van der Waals surface area contributed by atoms with Crippen LogP contribution in [0.1, 0.15) is 17.3 Å². The van der Waals surface area contributed by atoms with Gasteiger partial charge >= 0.3 is 0 Å². The second-order valence-electron chi connectivity index (χ2n) is 2.86. The number of ketones is 1. The molecule has 0 radical (unpaired) electrons. The highest BCUT2D eigenvalue weighted by molar-refractivity contribution is 9.10. The number of Topliss-reactive ketones (excluding diaryl/α,β-unsaturated/α-hetero) is 1. The van der Waals surface area contributed by atoms with Crippen molar-refractivity contribution in [2.45, 2.75) is 16.6 Å². The van der Waals surface area contributed by atoms with Crippen LogP contribution in [0.25, 0.3) is 0 Å². The summed E-state index contributed by atoms with van der Waals surface area (Å²) in [5.74, 6) is 0.124. The SMILES string of the molecule is CSc1ccc(Br)cc1C(Br)C(C)=O. The van der Waals surface area contributed by atoms with E-state index in [1.165, 1.54) is 0 Å². The first-order valence-electron chi connectivity index (χ1n) is 4.04. The topological polar surface area (TPSA) is 17.1 Å². The molecule has 4 heteroatoms. The lowest BCUT2D eigenvalue weighted by Crippen LogP contribution is -2.02. The zero-order valence-electron chi connectivity index (χ0n) is 7.88. The first-order chi connectivity index (χ1) is 6.56. The molecule has 1 nitrogen and oxygen atoms in total. The third kappa shape index (κ3) is 2.84. The Bertz CT molecular complexity index is 352. The van der Waals surface area contributed by atoms with Gasteiger partial charge in [0, 0.05) is 9.37 Å². The Morgan fingerprint density at radius 2 is 2.14 bits per heavy atom. The van der Waals surface area contributed by atoms with E-state index in [1.54, 1.807) is 18.7 Å². The molecule has 1 unspecified atom stereocenters. The van der Waals surface area contributed by atoms with Crippen LogP contribution in [0.5, 0.6) is 0 Å². The van der Waals surface area contributed by atoms with Gasteiger partial charge in [-0.1, -0.05) is 31.9 Å². The molecule has 0 spiro atoms. The fraction of sp³-hybridized carbons (Fsp3) is 0.300. The molecule has 0 aliphatic rings. The van der Waals surface area contributed by atoms with Crippen molar-refractivity contribution in [3.05, 3.63) is 28.2 Å². The predicted molar refractivity (Wildman–Crippen MR) is 68.3 cm³/mol. The minimum absolute atomic E-state index is 0.124. The quantitative estimate of drug-likeness (QED) is 0.607. The number of halogens is 2. The second kappa shape index (κ2) is 5.33. The van der Waals surface area contributed by atoms with Crippen LogP contribution >= 0.6 is 43.6 Å². The van der Waals surface area contributed by atoms with Crippen molar-refractivity contribution in [1.82, 2.24) is 0 Å². The maximum atomic E-state index is 11.3. The van der Waals surface area contributed by atoms with Crippen molar-refractivity contribution < 1.29 is 4.79 Å². The van der Waals surface area contributed by atoms with Gasteiger partial charge in [-0.2, -0.15) is 0 Å². The molecule has 0 N–H and O–H groups in total. The fourth-order valence-electron chi connectivity index (χ4n) is 1.12. The molecule has 1 aromatic carbocycles. The van der Waals surface area contributed by atoms with E-state index in [2.05, 4.69) is 31.9 Å². The average Bonchev–Trinajstić information content (AvgIpc) is 2.16. The summed E-state index contributed by atoms with van der Waals surface area (Å²) in [5.41, 5.74) is 1.03. The molecule has 1 rings (SSSR count). The number of carbonyl (C=O) groups excluding carboxylic acids is 1. The summed E-state index contributed by atoms with van der Waals surface area (Å²) in [6, 6.07) is 5.98. The van der Waals surface area contributed by atoms with Crippen LogP contribution in [0.3, 0.4) is 0 Å². The van der Waals surface area contributed by atoms with Gasteiger partial charge in [-0.15, -0.1) is 11.8 Å². The van der Waals surface area contributed by atoms with Gasteiger partial charge < -0.3 is 0 Å². The summed E-state index contributed by atoms with van der Waals surface area (Å²) < 4.78 is 0.996. The van der Waals surface area contributed by atoms with Crippen LogP contribution in [0.15, 0.2) is 27.6 Å². The molecular formula is C10H10Br2OS. The van der Waals surface area contributed by atoms with Crippen LogP contribution in [0, 0.1) is 0 Å². The standard InChI is InChI=1S/C10H10Br2OS/c1-6(13)10(12)8-5-7(11)3-4-9(8)14-2/h3-5,10H,1-2H3. The van der Waals surface area contributed by atoms with Crippen molar-refractivity contribution >= 4 is 49.4 Å². The Balaban J connectivity index is 3.16. The molecule has 0 saturated heterocycles. The van der Waals surface area contributed by atoms with Gasteiger partial charge in [-0.05, 0) is 36.9 Å². The Labute approximate surface area is 105 Å².